The van der Waals surface area contributed by atoms with Crippen LogP contribution in [-0.2, 0) is 4.74 Å². The Morgan fingerprint density at radius 1 is 1.40 bits per heavy atom. The van der Waals surface area contributed by atoms with Crippen LogP contribution in [0.25, 0.3) is 0 Å². The molecule has 0 fully saturated rings. The third kappa shape index (κ3) is 6.16. The van der Waals surface area contributed by atoms with Crippen molar-refractivity contribution in [2.45, 2.75) is 53.1 Å². The molecule has 1 nitrogen and oxygen atoms in total. The maximum Gasteiger partial charge on any atom is 0.117 e. The van der Waals surface area contributed by atoms with Crippen LogP contribution in [0.2, 0.25) is 0 Å². The molecule has 15 heavy (non-hydrogen) atoms. The monoisotopic (exact) mass is 208 g/mol. The van der Waals surface area contributed by atoms with Crippen molar-refractivity contribution >= 4 is 0 Å². The SMILES string of the molecule is C/C=C/C(CC)OC1=CCCC=C1.CC. The van der Waals surface area contributed by atoms with Crippen molar-refractivity contribution < 1.29 is 4.74 Å². The summed E-state index contributed by atoms with van der Waals surface area (Å²) in [6, 6.07) is 0. The molecule has 0 spiro atoms. The Bertz CT molecular complexity index is 223. The topological polar surface area (TPSA) is 9.23 Å². The molecule has 0 N–H and O–H groups in total. The lowest BCUT2D eigenvalue weighted by Crippen LogP contribution is -2.07. The van der Waals surface area contributed by atoms with Crippen molar-refractivity contribution in [3.8, 4) is 0 Å². The van der Waals surface area contributed by atoms with Crippen LogP contribution in [0, 0.1) is 0 Å². The summed E-state index contributed by atoms with van der Waals surface area (Å²) in [6.07, 6.45) is 14.0. The van der Waals surface area contributed by atoms with Gasteiger partial charge >= 0.3 is 0 Å². The molecular weight excluding hydrogens is 184 g/mol. The molecule has 86 valence electrons. The van der Waals surface area contributed by atoms with Gasteiger partial charge in [0.05, 0.1) is 0 Å². The second kappa shape index (κ2) is 9.57. The Labute approximate surface area is 94.5 Å². The van der Waals surface area contributed by atoms with E-state index >= 15 is 0 Å². The van der Waals surface area contributed by atoms with E-state index in [4.69, 9.17) is 4.74 Å². The number of hydrogen-bond acceptors (Lipinski definition) is 1. The summed E-state index contributed by atoms with van der Waals surface area (Å²) in [7, 11) is 0. The average molecular weight is 208 g/mol. The van der Waals surface area contributed by atoms with E-state index in [1.54, 1.807) is 0 Å². The molecule has 0 amide bonds. The molecule has 0 saturated carbocycles. The highest BCUT2D eigenvalue weighted by Crippen LogP contribution is 2.14. The lowest BCUT2D eigenvalue weighted by molar-refractivity contribution is 0.160. The Morgan fingerprint density at radius 3 is 2.60 bits per heavy atom. The Kier molecular flexibility index (Phi) is 8.95. The van der Waals surface area contributed by atoms with Gasteiger partial charge in [0.15, 0.2) is 0 Å². The third-order valence-electron chi connectivity index (χ3n) is 2.06. The molecule has 0 aliphatic heterocycles. The first kappa shape index (κ1) is 14.0. The van der Waals surface area contributed by atoms with E-state index in [2.05, 4.69) is 31.2 Å². The molecule has 0 aromatic heterocycles. The van der Waals surface area contributed by atoms with E-state index in [-0.39, 0.29) is 6.10 Å². The number of allylic oxidation sites excluding steroid dienone is 4. The zero-order valence-electron chi connectivity index (χ0n) is 10.5. The zero-order chi connectivity index (χ0) is 11.5. The second-order valence-electron chi connectivity index (χ2n) is 3.18. The Balaban J connectivity index is 0.000000921. The molecular formula is C14H24O. The molecule has 0 radical (unpaired) electrons. The molecule has 1 aliphatic rings. The minimum Gasteiger partial charge on any atom is -0.487 e. The summed E-state index contributed by atoms with van der Waals surface area (Å²) in [5.74, 6) is 1.02. The van der Waals surface area contributed by atoms with E-state index in [1.165, 1.54) is 0 Å². The quantitative estimate of drug-likeness (QED) is 0.613. The van der Waals surface area contributed by atoms with Crippen molar-refractivity contribution in [1.29, 1.82) is 0 Å². The first-order valence-corrected chi connectivity index (χ1v) is 6.03. The van der Waals surface area contributed by atoms with Crippen molar-refractivity contribution in [3.05, 3.63) is 36.1 Å². The van der Waals surface area contributed by atoms with E-state index in [1.807, 2.05) is 26.8 Å². The van der Waals surface area contributed by atoms with Crippen molar-refractivity contribution in [3.63, 3.8) is 0 Å². The molecule has 0 heterocycles. The average Bonchev–Trinajstić information content (AvgIpc) is 2.32. The van der Waals surface area contributed by atoms with Crippen LogP contribution in [0.3, 0.4) is 0 Å². The molecule has 1 unspecified atom stereocenters. The fourth-order valence-electron chi connectivity index (χ4n) is 1.32. The van der Waals surface area contributed by atoms with Crippen LogP contribution < -0.4 is 0 Å². The van der Waals surface area contributed by atoms with Crippen molar-refractivity contribution in [2.24, 2.45) is 0 Å². The van der Waals surface area contributed by atoms with Crippen LogP contribution in [0.15, 0.2) is 36.1 Å². The second-order valence-corrected chi connectivity index (χ2v) is 3.18. The van der Waals surface area contributed by atoms with Gasteiger partial charge in [-0.05, 0) is 44.4 Å². The molecule has 0 aromatic carbocycles. The fraction of sp³-hybridized carbons (Fsp3) is 0.571. The lowest BCUT2D eigenvalue weighted by Gasteiger charge is -2.16. The standard InChI is InChI=1S/C12H18O.C2H6/c1-3-8-11(4-2)13-12-9-6-5-7-10-12;1-2/h3,6,8-11H,4-5,7H2,1-2H3;1-2H3/b8-3+;. The lowest BCUT2D eigenvalue weighted by atomic mass is 10.2. The largest absolute Gasteiger partial charge is 0.487 e. The predicted octanol–water partition coefficient (Wildman–Crippen LogP) is 4.62. The fourth-order valence-corrected chi connectivity index (χ4v) is 1.32. The molecule has 1 aliphatic carbocycles. The van der Waals surface area contributed by atoms with Gasteiger partial charge < -0.3 is 4.74 Å². The van der Waals surface area contributed by atoms with Crippen molar-refractivity contribution in [1.82, 2.24) is 0 Å². The minimum absolute atomic E-state index is 0.235. The Morgan fingerprint density at radius 2 is 2.13 bits per heavy atom. The van der Waals surface area contributed by atoms with Crippen LogP contribution in [0.4, 0.5) is 0 Å². The van der Waals surface area contributed by atoms with E-state index in [0.29, 0.717) is 0 Å². The number of ether oxygens (including phenoxy) is 1. The van der Waals surface area contributed by atoms with Gasteiger partial charge in [0.25, 0.3) is 0 Å². The van der Waals surface area contributed by atoms with Crippen LogP contribution in [0.5, 0.6) is 0 Å². The van der Waals surface area contributed by atoms with E-state index < -0.39 is 0 Å². The molecule has 0 bridgehead atoms. The number of hydrogen-bond donors (Lipinski definition) is 0. The molecule has 1 atom stereocenters. The number of rotatable bonds is 4. The summed E-state index contributed by atoms with van der Waals surface area (Å²) < 4.78 is 5.77. The van der Waals surface area contributed by atoms with Gasteiger partial charge in [0.2, 0.25) is 0 Å². The van der Waals surface area contributed by atoms with Gasteiger partial charge in [0.1, 0.15) is 11.9 Å². The summed E-state index contributed by atoms with van der Waals surface area (Å²) >= 11 is 0. The van der Waals surface area contributed by atoms with Gasteiger partial charge in [-0.15, -0.1) is 0 Å². The van der Waals surface area contributed by atoms with E-state index in [9.17, 15) is 0 Å². The summed E-state index contributed by atoms with van der Waals surface area (Å²) in [5.41, 5.74) is 0. The summed E-state index contributed by atoms with van der Waals surface area (Å²) in [4.78, 5) is 0. The van der Waals surface area contributed by atoms with E-state index in [0.717, 1.165) is 25.0 Å². The highest BCUT2D eigenvalue weighted by atomic mass is 16.5. The van der Waals surface area contributed by atoms with Gasteiger partial charge in [-0.25, -0.2) is 0 Å². The van der Waals surface area contributed by atoms with Gasteiger partial charge in [-0.2, -0.15) is 0 Å². The maximum absolute atomic E-state index is 5.77. The predicted molar refractivity (Wildman–Crippen MR) is 67.8 cm³/mol. The van der Waals surface area contributed by atoms with Gasteiger partial charge in [-0.3, -0.25) is 0 Å². The van der Waals surface area contributed by atoms with Gasteiger partial charge in [-0.1, -0.05) is 32.9 Å². The van der Waals surface area contributed by atoms with Crippen LogP contribution >= 0.6 is 0 Å². The van der Waals surface area contributed by atoms with Crippen LogP contribution in [0.1, 0.15) is 47.0 Å². The first-order valence-electron chi connectivity index (χ1n) is 6.03. The van der Waals surface area contributed by atoms with Gasteiger partial charge in [0, 0.05) is 0 Å². The van der Waals surface area contributed by atoms with Crippen molar-refractivity contribution in [2.75, 3.05) is 0 Å². The van der Waals surface area contributed by atoms with Crippen LogP contribution in [-0.4, -0.2) is 6.10 Å². The zero-order valence-corrected chi connectivity index (χ0v) is 10.5. The summed E-state index contributed by atoms with van der Waals surface area (Å²) in [6.45, 7) is 8.16. The molecule has 1 heteroatoms. The summed E-state index contributed by atoms with van der Waals surface area (Å²) in [5, 5.41) is 0. The highest BCUT2D eigenvalue weighted by Gasteiger charge is 2.04. The molecule has 1 rings (SSSR count). The molecule has 0 aromatic rings. The Hall–Kier alpha value is -0.980. The highest BCUT2D eigenvalue weighted by molar-refractivity contribution is 5.16. The smallest absolute Gasteiger partial charge is 0.117 e. The maximum atomic E-state index is 5.77. The molecule has 0 saturated heterocycles. The third-order valence-corrected chi connectivity index (χ3v) is 2.06. The first-order chi connectivity index (χ1) is 7.36. The minimum atomic E-state index is 0.235. The normalized spacial score (nSPS) is 16.7.